The molecule has 1 aliphatic rings. The Morgan fingerprint density at radius 1 is 1.40 bits per heavy atom. The lowest BCUT2D eigenvalue weighted by molar-refractivity contribution is 0.0527. The zero-order valence-corrected chi connectivity index (χ0v) is 12.8. The molecule has 3 N–H and O–H groups in total. The molecule has 0 amide bonds. The summed E-state index contributed by atoms with van der Waals surface area (Å²) in [6.45, 7) is 10.9. The maximum atomic E-state index is 11.8. The molecule has 0 radical (unpaired) electrons. The fourth-order valence-electron chi connectivity index (χ4n) is 2.67. The lowest BCUT2D eigenvalue weighted by Crippen LogP contribution is -2.16. The van der Waals surface area contributed by atoms with Crippen LogP contribution in [0.15, 0.2) is 12.3 Å². The van der Waals surface area contributed by atoms with Crippen molar-refractivity contribution in [3.63, 3.8) is 0 Å². The highest BCUT2D eigenvalue weighted by molar-refractivity contribution is 5.97. The van der Waals surface area contributed by atoms with Gasteiger partial charge < -0.3 is 15.8 Å². The van der Waals surface area contributed by atoms with E-state index >= 15 is 0 Å². The zero-order chi connectivity index (χ0) is 15.1. The number of nitrogen functional groups attached to an aromatic ring is 1. The minimum atomic E-state index is -0.412. The maximum Gasteiger partial charge on any atom is 0.340 e. The van der Waals surface area contributed by atoms with E-state index < -0.39 is 5.97 Å². The molecule has 0 saturated heterocycles. The summed E-state index contributed by atoms with van der Waals surface area (Å²) >= 11 is 0. The summed E-state index contributed by atoms with van der Waals surface area (Å²) in [6.07, 6.45) is 1.58. The van der Waals surface area contributed by atoms with Gasteiger partial charge in [-0.1, -0.05) is 27.7 Å². The fraction of sp³-hybridized carbons (Fsp3) is 0.600. The Labute approximate surface area is 119 Å². The first-order valence-electron chi connectivity index (χ1n) is 6.91. The molecule has 110 valence electrons. The van der Waals surface area contributed by atoms with Gasteiger partial charge in [-0.05, 0) is 23.8 Å². The van der Waals surface area contributed by atoms with E-state index in [4.69, 9.17) is 10.5 Å². The van der Waals surface area contributed by atoms with Crippen molar-refractivity contribution >= 4 is 17.5 Å². The van der Waals surface area contributed by atoms with Crippen molar-refractivity contribution in [1.29, 1.82) is 0 Å². The van der Waals surface area contributed by atoms with E-state index in [-0.39, 0.29) is 16.9 Å². The highest BCUT2D eigenvalue weighted by Gasteiger charge is 2.65. The largest absolute Gasteiger partial charge is 0.462 e. The van der Waals surface area contributed by atoms with Crippen molar-refractivity contribution in [3.8, 4) is 0 Å². The molecular weight excluding hydrogens is 254 g/mol. The smallest absolute Gasteiger partial charge is 0.340 e. The number of esters is 1. The molecule has 20 heavy (non-hydrogen) atoms. The predicted molar refractivity (Wildman–Crippen MR) is 79.6 cm³/mol. The highest BCUT2D eigenvalue weighted by Crippen LogP contribution is 2.63. The van der Waals surface area contributed by atoms with Gasteiger partial charge in [0.2, 0.25) is 0 Å². The van der Waals surface area contributed by atoms with Crippen LogP contribution in [0.25, 0.3) is 0 Å². The van der Waals surface area contributed by atoms with Crippen LogP contribution in [-0.2, 0) is 4.74 Å². The monoisotopic (exact) mass is 277 g/mol. The first-order chi connectivity index (χ1) is 9.23. The van der Waals surface area contributed by atoms with E-state index in [1.165, 1.54) is 0 Å². The number of nitrogens with two attached hydrogens (primary N) is 1. The highest BCUT2D eigenvalue weighted by atomic mass is 16.5. The lowest BCUT2D eigenvalue weighted by Gasteiger charge is -2.12. The van der Waals surface area contributed by atoms with Gasteiger partial charge in [-0.3, -0.25) is 0 Å². The van der Waals surface area contributed by atoms with Crippen molar-refractivity contribution in [3.05, 3.63) is 17.8 Å². The summed E-state index contributed by atoms with van der Waals surface area (Å²) in [7, 11) is 0. The van der Waals surface area contributed by atoms with Crippen molar-refractivity contribution in [1.82, 2.24) is 4.98 Å². The molecule has 0 aliphatic heterocycles. The van der Waals surface area contributed by atoms with Crippen LogP contribution in [0.1, 0.15) is 45.0 Å². The average molecular weight is 277 g/mol. The van der Waals surface area contributed by atoms with Gasteiger partial charge in [0.1, 0.15) is 5.82 Å². The second-order valence-electron chi connectivity index (χ2n) is 6.36. The minimum Gasteiger partial charge on any atom is -0.462 e. The Hall–Kier alpha value is -1.78. The number of nitrogens with zero attached hydrogens (tertiary/aromatic N) is 1. The molecule has 0 unspecified atom stereocenters. The summed E-state index contributed by atoms with van der Waals surface area (Å²) < 4.78 is 4.99. The van der Waals surface area contributed by atoms with Crippen LogP contribution < -0.4 is 11.1 Å². The first-order valence-corrected chi connectivity index (χ1v) is 6.91. The molecule has 5 nitrogen and oxygen atoms in total. The Kier molecular flexibility index (Phi) is 3.40. The van der Waals surface area contributed by atoms with Crippen molar-refractivity contribution < 1.29 is 9.53 Å². The van der Waals surface area contributed by atoms with Gasteiger partial charge in [-0.2, -0.15) is 0 Å². The van der Waals surface area contributed by atoms with Gasteiger partial charge in [0, 0.05) is 12.2 Å². The van der Waals surface area contributed by atoms with Gasteiger partial charge in [-0.15, -0.1) is 0 Å². The molecule has 1 aromatic heterocycles. The Balaban J connectivity index is 2.23. The van der Waals surface area contributed by atoms with E-state index in [1.54, 1.807) is 19.2 Å². The lowest BCUT2D eigenvalue weighted by atomic mass is 10.0. The predicted octanol–water partition coefficient (Wildman–Crippen LogP) is 2.69. The molecule has 0 spiro atoms. The standard InChI is InChI=1S/C15H23N3O2/c1-6-20-12(19)9-7-8-17-11(10(9)16)18-13-14(2,3)15(13,4)5/h7-8,13H,6,16H2,1-5H3,(H,17,18). The summed E-state index contributed by atoms with van der Waals surface area (Å²) in [5.74, 6) is 0.143. The molecule has 0 atom stereocenters. The third-order valence-corrected chi connectivity index (χ3v) is 4.79. The number of hydrogen-bond donors (Lipinski definition) is 2. The molecule has 1 fully saturated rings. The Morgan fingerprint density at radius 2 is 2.00 bits per heavy atom. The number of rotatable bonds is 4. The summed E-state index contributed by atoms with van der Waals surface area (Å²) in [6, 6.07) is 1.86. The third kappa shape index (κ3) is 2.11. The van der Waals surface area contributed by atoms with Crippen LogP contribution >= 0.6 is 0 Å². The molecule has 1 saturated carbocycles. The fourth-order valence-corrected chi connectivity index (χ4v) is 2.67. The third-order valence-electron chi connectivity index (χ3n) is 4.79. The van der Waals surface area contributed by atoms with Gasteiger partial charge in [0.05, 0.1) is 17.9 Å². The molecule has 2 rings (SSSR count). The van der Waals surface area contributed by atoms with Crippen LogP contribution in [-0.4, -0.2) is 23.6 Å². The average Bonchev–Trinajstić information content (AvgIpc) is 2.74. The van der Waals surface area contributed by atoms with Crippen LogP contribution in [0.3, 0.4) is 0 Å². The van der Waals surface area contributed by atoms with E-state index in [1.807, 2.05) is 0 Å². The molecule has 1 aliphatic carbocycles. The van der Waals surface area contributed by atoms with Crippen molar-refractivity contribution in [2.75, 3.05) is 17.7 Å². The number of aromatic nitrogens is 1. The van der Waals surface area contributed by atoms with Gasteiger partial charge in [0.25, 0.3) is 0 Å². The molecule has 1 heterocycles. The van der Waals surface area contributed by atoms with Crippen LogP contribution in [0, 0.1) is 10.8 Å². The summed E-state index contributed by atoms with van der Waals surface area (Å²) in [4.78, 5) is 16.1. The number of hydrogen-bond acceptors (Lipinski definition) is 5. The number of nitrogens with one attached hydrogen (secondary N) is 1. The molecule has 0 aromatic carbocycles. The molecule has 0 bridgehead atoms. The number of carbonyl (C=O) groups excluding carboxylic acids is 1. The first kappa shape index (κ1) is 14.6. The molecular formula is C15H23N3O2. The zero-order valence-electron chi connectivity index (χ0n) is 12.8. The second-order valence-corrected chi connectivity index (χ2v) is 6.36. The number of carbonyl (C=O) groups is 1. The quantitative estimate of drug-likeness (QED) is 0.827. The number of ether oxygens (including phenoxy) is 1. The van der Waals surface area contributed by atoms with Crippen LogP contribution in [0.2, 0.25) is 0 Å². The number of pyridine rings is 1. The summed E-state index contributed by atoms with van der Waals surface area (Å²) in [5.41, 5.74) is 7.09. The summed E-state index contributed by atoms with van der Waals surface area (Å²) in [5, 5.41) is 3.36. The maximum absolute atomic E-state index is 11.8. The SMILES string of the molecule is CCOC(=O)c1ccnc(NC2C(C)(C)C2(C)C)c1N. The topological polar surface area (TPSA) is 77.2 Å². The van der Waals surface area contributed by atoms with E-state index in [9.17, 15) is 4.79 Å². The second kappa shape index (κ2) is 4.65. The van der Waals surface area contributed by atoms with E-state index in [0.29, 0.717) is 23.7 Å². The number of anilines is 2. The molecule has 5 heteroatoms. The molecule has 1 aromatic rings. The van der Waals surface area contributed by atoms with Gasteiger partial charge >= 0.3 is 5.97 Å². The Bertz CT molecular complexity index is 524. The van der Waals surface area contributed by atoms with E-state index in [0.717, 1.165) is 0 Å². The van der Waals surface area contributed by atoms with Crippen LogP contribution in [0.4, 0.5) is 11.5 Å². The van der Waals surface area contributed by atoms with Crippen molar-refractivity contribution in [2.45, 2.75) is 40.7 Å². The van der Waals surface area contributed by atoms with Gasteiger partial charge in [0.15, 0.2) is 0 Å². The van der Waals surface area contributed by atoms with E-state index in [2.05, 4.69) is 38.0 Å². The van der Waals surface area contributed by atoms with Crippen molar-refractivity contribution in [2.24, 2.45) is 10.8 Å². The normalized spacial score (nSPS) is 19.4. The minimum absolute atomic E-state index is 0.168. The van der Waals surface area contributed by atoms with Crippen LogP contribution in [0.5, 0.6) is 0 Å². The Morgan fingerprint density at radius 3 is 2.50 bits per heavy atom. The van der Waals surface area contributed by atoms with Gasteiger partial charge in [-0.25, -0.2) is 9.78 Å².